The summed E-state index contributed by atoms with van der Waals surface area (Å²) in [7, 11) is 1.90. The molecule has 3 aromatic heterocycles. The fourth-order valence-corrected chi connectivity index (χ4v) is 3.78. The van der Waals surface area contributed by atoms with Crippen LogP contribution < -0.4 is 10.9 Å². The van der Waals surface area contributed by atoms with Crippen molar-refractivity contribution >= 4 is 44.2 Å². The van der Waals surface area contributed by atoms with Gasteiger partial charge in [0.15, 0.2) is 0 Å². The number of carbonyl (C=O) groups excluding carboxylic acids is 1. The van der Waals surface area contributed by atoms with Crippen molar-refractivity contribution in [1.82, 2.24) is 19.1 Å². The molecule has 0 spiro atoms. The molecule has 0 aliphatic carbocycles. The third-order valence-electron chi connectivity index (χ3n) is 4.24. The first-order valence-corrected chi connectivity index (χ1v) is 9.05. The molecule has 3 heterocycles. The topological polar surface area (TPSA) is 81.8 Å². The first-order valence-electron chi connectivity index (χ1n) is 8.24. The van der Waals surface area contributed by atoms with Gasteiger partial charge in [-0.05, 0) is 30.7 Å². The van der Waals surface area contributed by atoms with Gasteiger partial charge in [0, 0.05) is 17.6 Å². The van der Waals surface area contributed by atoms with Gasteiger partial charge >= 0.3 is 0 Å². The van der Waals surface area contributed by atoms with Crippen molar-refractivity contribution < 1.29 is 4.79 Å². The van der Waals surface area contributed by atoms with Crippen molar-refractivity contribution in [3.63, 3.8) is 0 Å². The molecule has 0 unspecified atom stereocenters. The molecule has 0 aliphatic heterocycles. The smallest absolute Gasteiger partial charge is 0.262 e. The Balaban J connectivity index is 1.57. The molecule has 0 radical (unpaired) electrons. The van der Waals surface area contributed by atoms with Crippen LogP contribution in [-0.2, 0) is 24.8 Å². The first-order chi connectivity index (χ1) is 12.5. The highest BCUT2D eigenvalue weighted by atomic mass is 32.1. The highest BCUT2D eigenvalue weighted by Gasteiger charge is 2.11. The van der Waals surface area contributed by atoms with E-state index in [1.807, 2.05) is 36.7 Å². The average Bonchev–Trinajstić information content (AvgIpc) is 3.22. The summed E-state index contributed by atoms with van der Waals surface area (Å²) in [5.74, 6) is -0.277. The number of rotatable bonds is 4. The van der Waals surface area contributed by atoms with Crippen LogP contribution in [0.5, 0.6) is 0 Å². The monoisotopic (exact) mass is 367 g/mol. The standard InChI is InChI=1S/C18H17N5O2S/c1-3-12-7-13-17(26-12)20-10-23(18(13)25)8-16(24)21-11-4-5-14-15(6-11)22(2)9-19-14/h4-7,9-10H,3,8H2,1-2H3,(H,21,24). The predicted molar refractivity (Wildman–Crippen MR) is 103 cm³/mol. The molecule has 132 valence electrons. The maximum Gasteiger partial charge on any atom is 0.262 e. The zero-order valence-corrected chi connectivity index (χ0v) is 15.2. The number of carbonyl (C=O) groups is 1. The Morgan fingerprint density at radius 2 is 2.08 bits per heavy atom. The van der Waals surface area contributed by atoms with Crippen molar-refractivity contribution in [1.29, 1.82) is 0 Å². The lowest BCUT2D eigenvalue weighted by atomic mass is 10.2. The van der Waals surface area contributed by atoms with E-state index in [2.05, 4.69) is 15.3 Å². The Bertz CT molecular complexity index is 1190. The largest absolute Gasteiger partial charge is 0.334 e. The number of anilines is 1. The first kappa shape index (κ1) is 16.5. The normalized spacial score (nSPS) is 11.3. The Labute approximate surface area is 152 Å². The Morgan fingerprint density at radius 1 is 1.23 bits per heavy atom. The second kappa shape index (κ2) is 6.38. The summed E-state index contributed by atoms with van der Waals surface area (Å²) in [5, 5.41) is 3.39. The number of aryl methyl sites for hydroxylation is 2. The number of hydrogen-bond acceptors (Lipinski definition) is 5. The average molecular weight is 367 g/mol. The van der Waals surface area contributed by atoms with Crippen LogP contribution in [0, 0.1) is 0 Å². The van der Waals surface area contributed by atoms with Gasteiger partial charge in [-0.25, -0.2) is 9.97 Å². The summed E-state index contributed by atoms with van der Waals surface area (Å²) in [5.41, 5.74) is 2.26. The molecule has 4 aromatic rings. The van der Waals surface area contributed by atoms with Crippen LogP contribution in [0.25, 0.3) is 21.3 Å². The molecule has 1 aromatic carbocycles. The molecule has 0 fully saturated rings. The molecular weight excluding hydrogens is 350 g/mol. The minimum Gasteiger partial charge on any atom is -0.334 e. The van der Waals surface area contributed by atoms with E-state index in [0.29, 0.717) is 15.9 Å². The minimum atomic E-state index is -0.277. The highest BCUT2D eigenvalue weighted by molar-refractivity contribution is 7.18. The molecule has 1 amide bonds. The Morgan fingerprint density at radius 3 is 2.88 bits per heavy atom. The van der Waals surface area contributed by atoms with E-state index >= 15 is 0 Å². The zero-order valence-electron chi connectivity index (χ0n) is 14.4. The van der Waals surface area contributed by atoms with E-state index in [1.165, 1.54) is 22.2 Å². The Hall–Kier alpha value is -3.00. The summed E-state index contributed by atoms with van der Waals surface area (Å²) in [6.07, 6.45) is 4.02. The number of fused-ring (bicyclic) bond motifs is 2. The summed E-state index contributed by atoms with van der Waals surface area (Å²) < 4.78 is 3.22. The van der Waals surface area contributed by atoms with Gasteiger partial charge < -0.3 is 9.88 Å². The van der Waals surface area contributed by atoms with Gasteiger partial charge in [-0.2, -0.15) is 0 Å². The molecule has 0 bridgehead atoms. The van der Waals surface area contributed by atoms with E-state index in [-0.39, 0.29) is 18.0 Å². The van der Waals surface area contributed by atoms with E-state index < -0.39 is 0 Å². The number of amides is 1. The van der Waals surface area contributed by atoms with Gasteiger partial charge in [0.1, 0.15) is 11.4 Å². The van der Waals surface area contributed by atoms with Crippen LogP contribution in [0.15, 0.2) is 41.7 Å². The molecule has 8 heteroatoms. The lowest BCUT2D eigenvalue weighted by molar-refractivity contribution is -0.116. The maximum atomic E-state index is 12.6. The molecule has 7 nitrogen and oxygen atoms in total. The highest BCUT2D eigenvalue weighted by Crippen LogP contribution is 2.21. The predicted octanol–water partition coefficient (Wildman–Crippen LogP) is 2.55. The van der Waals surface area contributed by atoms with Gasteiger partial charge in [-0.1, -0.05) is 6.92 Å². The number of aromatic nitrogens is 4. The third kappa shape index (κ3) is 2.88. The lowest BCUT2D eigenvalue weighted by Crippen LogP contribution is -2.27. The fourth-order valence-electron chi connectivity index (χ4n) is 2.86. The van der Waals surface area contributed by atoms with Gasteiger partial charge in [-0.15, -0.1) is 11.3 Å². The van der Waals surface area contributed by atoms with Crippen molar-refractivity contribution in [3.05, 3.63) is 52.2 Å². The van der Waals surface area contributed by atoms with Crippen molar-refractivity contribution in [2.75, 3.05) is 5.32 Å². The molecular formula is C18H17N5O2S. The van der Waals surface area contributed by atoms with Gasteiger partial charge in [0.2, 0.25) is 5.91 Å². The van der Waals surface area contributed by atoms with Crippen LogP contribution >= 0.6 is 11.3 Å². The van der Waals surface area contributed by atoms with Crippen LogP contribution in [0.1, 0.15) is 11.8 Å². The van der Waals surface area contributed by atoms with Crippen LogP contribution in [0.4, 0.5) is 5.69 Å². The lowest BCUT2D eigenvalue weighted by Gasteiger charge is -2.07. The minimum absolute atomic E-state index is 0.0809. The van der Waals surface area contributed by atoms with Gasteiger partial charge in [0.25, 0.3) is 5.56 Å². The summed E-state index contributed by atoms with van der Waals surface area (Å²) >= 11 is 1.51. The van der Waals surface area contributed by atoms with Gasteiger partial charge in [0.05, 0.1) is 29.1 Å². The molecule has 26 heavy (non-hydrogen) atoms. The second-order valence-corrected chi connectivity index (χ2v) is 7.19. The number of nitrogens with zero attached hydrogens (tertiary/aromatic N) is 4. The number of hydrogen-bond donors (Lipinski definition) is 1. The maximum absolute atomic E-state index is 12.6. The SMILES string of the molecule is CCc1cc2c(=O)n(CC(=O)Nc3ccc4ncn(C)c4c3)cnc2s1. The van der Waals surface area contributed by atoms with E-state index in [9.17, 15) is 9.59 Å². The Kier molecular flexibility index (Phi) is 4.04. The van der Waals surface area contributed by atoms with Crippen molar-refractivity contribution in [3.8, 4) is 0 Å². The molecule has 0 aliphatic rings. The fraction of sp³-hybridized carbons (Fsp3) is 0.222. The number of imidazole rings is 1. The quantitative estimate of drug-likeness (QED) is 0.601. The number of thiophene rings is 1. The van der Waals surface area contributed by atoms with Crippen LogP contribution in [0.2, 0.25) is 0 Å². The molecule has 1 N–H and O–H groups in total. The van der Waals surface area contributed by atoms with E-state index in [4.69, 9.17) is 0 Å². The van der Waals surface area contributed by atoms with Crippen LogP contribution in [-0.4, -0.2) is 25.0 Å². The van der Waals surface area contributed by atoms with E-state index in [0.717, 1.165) is 22.3 Å². The van der Waals surface area contributed by atoms with Crippen molar-refractivity contribution in [2.24, 2.45) is 7.05 Å². The van der Waals surface area contributed by atoms with Crippen LogP contribution in [0.3, 0.4) is 0 Å². The summed E-state index contributed by atoms with van der Waals surface area (Å²) in [6.45, 7) is 1.96. The molecule has 0 saturated carbocycles. The summed E-state index contributed by atoms with van der Waals surface area (Å²) in [4.78, 5) is 35.3. The molecule has 0 atom stereocenters. The number of benzene rings is 1. The zero-order chi connectivity index (χ0) is 18.3. The number of nitrogens with one attached hydrogen (secondary N) is 1. The molecule has 0 saturated heterocycles. The third-order valence-corrected chi connectivity index (χ3v) is 5.43. The second-order valence-electron chi connectivity index (χ2n) is 6.07. The van der Waals surface area contributed by atoms with Gasteiger partial charge in [-0.3, -0.25) is 14.2 Å². The molecule has 4 rings (SSSR count). The summed E-state index contributed by atoms with van der Waals surface area (Å²) in [6, 6.07) is 7.36. The van der Waals surface area contributed by atoms with E-state index in [1.54, 1.807) is 12.4 Å². The van der Waals surface area contributed by atoms with Crippen molar-refractivity contribution in [2.45, 2.75) is 19.9 Å².